The summed E-state index contributed by atoms with van der Waals surface area (Å²) in [5.74, 6) is -0.591. The molecule has 1 aliphatic heterocycles. The van der Waals surface area contributed by atoms with Gasteiger partial charge < -0.3 is 4.42 Å². The Labute approximate surface area is 169 Å². The molecule has 0 unspecified atom stereocenters. The highest BCUT2D eigenvalue weighted by atomic mass is 35.5. The third kappa shape index (κ3) is 2.72. The zero-order chi connectivity index (χ0) is 20.1. The molecule has 2 aromatic carbocycles. The van der Waals surface area contributed by atoms with E-state index in [1.54, 1.807) is 48.7 Å². The second-order valence-corrected chi connectivity index (χ2v) is 7.07. The standard InChI is InChI=1S/C22H12ClFN2O3/c23-13-6-9-16-15(11-13)20(27)18-19(12-4-7-14(24)8-5-12)26(22(28)21(18)29-16)17-3-1-2-10-25-17/h1-11,19H/t19-/m1/s1. The number of anilines is 1. The molecule has 0 saturated carbocycles. The number of fused-ring (bicyclic) bond motifs is 2. The average Bonchev–Trinajstić information content (AvgIpc) is 3.03. The number of hydrogen-bond donors (Lipinski definition) is 0. The molecule has 1 amide bonds. The molecule has 0 radical (unpaired) electrons. The minimum Gasteiger partial charge on any atom is -0.450 e. The lowest BCUT2D eigenvalue weighted by atomic mass is 9.98. The van der Waals surface area contributed by atoms with Gasteiger partial charge in [-0.1, -0.05) is 29.8 Å². The average molecular weight is 407 g/mol. The molecule has 5 rings (SSSR count). The van der Waals surface area contributed by atoms with E-state index in [0.29, 0.717) is 16.4 Å². The quantitative estimate of drug-likeness (QED) is 0.482. The van der Waals surface area contributed by atoms with Crippen molar-refractivity contribution in [3.63, 3.8) is 0 Å². The highest BCUT2D eigenvalue weighted by Gasteiger charge is 2.44. The minimum absolute atomic E-state index is 0.0511. The van der Waals surface area contributed by atoms with Crippen LogP contribution in [0.15, 0.2) is 76.1 Å². The summed E-state index contributed by atoms with van der Waals surface area (Å²) in [6.07, 6.45) is 1.55. The molecule has 3 heterocycles. The third-order valence-corrected chi connectivity index (χ3v) is 5.15. The van der Waals surface area contributed by atoms with E-state index in [2.05, 4.69) is 4.98 Å². The number of rotatable bonds is 2. The molecule has 0 bridgehead atoms. The van der Waals surface area contributed by atoms with Crippen LogP contribution in [0.5, 0.6) is 0 Å². The number of carbonyl (C=O) groups is 1. The summed E-state index contributed by atoms with van der Waals surface area (Å²) in [6.45, 7) is 0. The van der Waals surface area contributed by atoms with Gasteiger partial charge in [0.25, 0.3) is 5.91 Å². The second kappa shape index (κ2) is 6.53. The lowest BCUT2D eigenvalue weighted by Gasteiger charge is -2.24. The van der Waals surface area contributed by atoms with E-state index in [1.165, 1.54) is 23.1 Å². The third-order valence-electron chi connectivity index (χ3n) is 4.91. The van der Waals surface area contributed by atoms with Gasteiger partial charge in [-0.25, -0.2) is 9.37 Å². The van der Waals surface area contributed by atoms with Crippen LogP contribution >= 0.6 is 11.6 Å². The number of aromatic nitrogens is 1. The zero-order valence-corrected chi connectivity index (χ0v) is 15.6. The Hall–Kier alpha value is -3.51. The Morgan fingerprint density at radius 2 is 1.83 bits per heavy atom. The van der Waals surface area contributed by atoms with E-state index < -0.39 is 17.8 Å². The molecular formula is C22H12ClFN2O3. The van der Waals surface area contributed by atoms with Gasteiger partial charge in [-0.15, -0.1) is 0 Å². The molecule has 0 fully saturated rings. The van der Waals surface area contributed by atoms with E-state index in [0.717, 1.165) is 0 Å². The molecule has 1 atom stereocenters. The van der Waals surface area contributed by atoms with Crippen LogP contribution in [0.4, 0.5) is 10.2 Å². The van der Waals surface area contributed by atoms with E-state index in [4.69, 9.17) is 16.0 Å². The largest absolute Gasteiger partial charge is 0.450 e. The van der Waals surface area contributed by atoms with E-state index in [1.807, 2.05) is 0 Å². The summed E-state index contributed by atoms with van der Waals surface area (Å²) in [7, 11) is 0. The van der Waals surface area contributed by atoms with E-state index in [-0.39, 0.29) is 27.7 Å². The van der Waals surface area contributed by atoms with Crippen molar-refractivity contribution in [2.75, 3.05) is 4.90 Å². The Balaban J connectivity index is 1.83. The van der Waals surface area contributed by atoms with Gasteiger partial charge in [0.1, 0.15) is 17.2 Å². The normalized spacial score (nSPS) is 15.7. The van der Waals surface area contributed by atoms with Crippen LogP contribution in [-0.4, -0.2) is 10.9 Å². The molecule has 2 aromatic heterocycles. The van der Waals surface area contributed by atoms with Gasteiger partial charge in [0.05, 0.1) is 17.0 Å². The van der Waals surface area contributed by atoms with Crippen LogP contribution in [0, 0.1) is 5.82 Å². The van der Waals surface area contributed by atoms with Crippen molar-refractivity contribution < 1.29 is 13.6 Å². The molecule has 142 valence electrons. The van der Waals surface area contributed by atoms with Crippen LogP contribution in [0.3, 0.4) is 0 Å². The van der Waals surface area contributed by atoms with Crippen molar-refractivity contribution in [2.45, 2.75) is 6.04 Å². The van der Waals surface area contributed by atoms with Gasteiger partial charge in [0.15, 0.2) is 5.43 Å². The number of halogens is 2. The molecule has 0 saturated heterocycles. The number of benzene rings is 2. The van der Waals surface area contributed by atoms with Crippen LogP contribution < -0.4 is 10.3 Å². The summed E-state index contributed by atoms with van der Waals surface area (Å²) < 4.78 is 19.3. The summed E-state index contributed by atoms with van der Waals surface area (Å²) >= 11 is 6.06. The fourth-order valence-corrected chi connectivity index (χ4v) is 3.81. The Morgan fingerprint density at radius 1 is 1.03 bits per heavy atom. The first-order chi connectivity index (χ1) is 14.0. The topological polar surface area (TPSA) is 63.4 Å². The fraction of sp³-hybridized carbons (Fsp3) is 0.0455. The van der Waals surface area contributed by atoms with Crippen LogP contribution in [0.2, 0.25) is 5.02 Å². The highest BCUT2D eigenvalue weighted by Crippen LogP contribution is 2.40. The number of carbonyl (C=O) groups excluding carboxylic acids is 1. The molecule has 4 aromatic rings. The minimum atomic E-state index is -0.798. The van der Waals surface area contributed by atoms with Crippen molar-refractivity contribution in [3.8, 4) is 0 Å². The first-order valence-electron chi connectivity index (χ1n) is 8.81. The van der Waals surface area contributed by atoms with Gasteiger partial charge in [0.2, 0.25) is 5.76 Å². The second-order valence-electron chi connectivity index (χ2n) is 6.63. The first-order valence-corrected chi connectivity index (χ1v) is 9.19. The van der Waals surface area contributed by atoms with Crippen molar-refractivity contribution >= 4 is 34.3 Å². The van der Waals surface area contributed by atoms with E-state index in [9.17, 15) is 14.0 Å². The van der Waals surface area contributed by atoms with Crippen molar-refractivity contribution in [1.82, 2.24) is 4.98 Å². The van der Waals surface area contributed by atoms with Gasteiger partial charge in [0, 0.05) is 11.2 Å². The first kappa shape index (κ1) is 17.6. The molecule has 1 aliphatic rings. The smallest absolute Gasteiger partial charge is 0.296 e. The molecule has 29 heavy (non-hydrogen) atoms. The van der Waals surface area contributed by atoms with Gasteiger partial charge >= 0.3 is 0 Å². The summed E-state index contributed by atoms with van der Waals surface area (Å²) in [5.41, 5.74) is 0.664. The summed E-state index contributed by atoms with van der Waals surface area (Å²) in [5, 5.41) is 0.660. The van der Waals surface area contributed by atoms with Gasteiger partial charge in [-0.2, -0.15) is 0 Å². The predicted molar refractivity (Wildman–Crippen MR) is 107 cm³/mol. The van der Waals surface area contributed by atoms with Crippen LogP contribution in [0.1, 0.15) is 27.7 Å². The maximum absolute atomic E-state index is 13.5. The predicted octanol–water partition coefficient (Wildman–Crippen LogP) is 4.73. The molecule has 5 nitrogen and oxygen atoms in total. The van der Waals surface area contributed by atoms with Gasteiger partial charge in [-0.05, 0) is 48.0 Å². The summed E-state index contributed by atoms with van der Waals surface area (Å²) in [6, 6.07) is 14.7. The maximum Gasteiger partial charge on any atom is 0.296 e. The Morgan fingerprint density at radius 3 is 2.55 bits per heavy atom. The molecule has 0 aliphatic carbocycles. The Bertz CT molecular complexity index is 1320. The highest BCUT2D eigenvalue weighted by molar-refractivity contribution is 6.31. The number of pyridine rings is 1. The number of nitrogens with zero attached hydrogens (tertiary/aromatic N) is 2. The van der Waals surface area contributed by atoms with Crippen LogP contribution in [0.25, 0.3) is 11.0 Å². The van der Waals surface area contributed by atoms with Crippen LogP contribution in [-0.2, 0) is 0 Å². The maximum atomic E-state index is 13.5. The van der Waals surface area contributed by atoms with Crippen molar-refractivity contribution in [2.24, 2.45) is 0 Å². The van der Waals surface area contributed by atoms with Crippen molar-refractivity contribution in [3.05, 3.63) is 105 Å². The monoisotopic (exact) mass is 406 g/mol. The molecule has 0 spiro atoms. The lowest BCUT2D eigenvalue weighted by molar-refractivity contribution is 0.0970. The van der Waals surface area contributed by atoms with Gasteiger partial charge in [-0.3, -0.25) is 14.5 Å². The fourth-order valence-electron chi connectivity index (χ4n) is 3.64. The summed E-state index contributed by atoms with van der Waals surface area (Å²) in [4.78, 5) is 32.3. The molecule has 7 heteroatoms. The number of amides is 1. The van der Waals surface area contributed by atoms with E-state index >= 15 is 0 Å². The SMILES string of the molecule is O=C1c2oc3ccc(Cl)cc3c(=O)c2[C@@H](c2ccc(F)cc2)N1c1ccccn1. The number of hydrogen-bond acceptors (Lipinski definition) is 4. The van der Waals surface area contributed by atoms with Crippen molar-refractivity contribution in [1.29, 1.82) is 0 Å². The lowest BCUT2D eigenvalue weighted by Crippen LogP contribution is -2.30. The molecule has 0 N–H and O–H groups in total. The zero-order valence-electron chi connectivity index (χ0n) is 14.8. The Kier molecular flexibility index (Phi) is 3.96. The molecular weight excluding hydrogens is 395 g/mol.